The van der Waals surface area contributed by atoms with Crippen molar-refractivity contribution in [2.24, 2.45) is 5.73 Å². The summed E-state index contributed by atoms with van der Waals surface area (Å²) in [4.78, 5) is 20.5. The fourth-order valence-electron chi connectivity index (χ4n) is 4.05. The summed E-state index contributed by atoms with van der Waals surface area (Å²) in [5.41, 5.74) is 7.83. The van der Waals surface area contributed by atoms with Crippen molar-refractivity contribution in [3.8, 4) is 17.6 Å². The van der Waals surface area contributed by atoms with E-state index in [4.69, 9.17) is 20.2 Å². The SMILES string of the molecule is COc1cc2nc(N3CCCC(N)C3)n(Cc3ccccc3C#N)c(=O)c2cc1OC. The lowest BCUT2D eigenvalue weighted by atomic mass is 10.1. The van der Waals surface area contributed by atoms with Gasteiger partial charge in [-0.3, -0.25) is 9.36 Å². The van der Waals surface area contributed by atoms with Gasteiger partial charge in [-0.05, 0) is 30.5 Å². The topological polar surface area (TPSA) is 106 Å². The van der Waals surface area contributed by atoms with Gasteiger partial charge in [0.25, 0.3) is 5.56 Å². The lowest BCUT2D eigenvalue weighted by Gasteiger charge is -2.33. The third-order valence-corrected chi connectivity index (χ3v) is 5.65. The number of piperidine rings is 1. The summed E-state index contributed by atoms with van der Waals surface area (Å²) in [5.74, 6) is 1.52. The van der Waals surface area contributed by atoms with Crippen molar-refractivity contribution in [3.05, 3.63) is 57.9 Å². The fraction of sp³-hybridized carbons (Fsp3) is 0.348. The summed E-state index contributed by atoms with van der Waals surface area (Å²) in [5, 5.41) is 9.93. The number of nitrogens with two attached hydrogens (primary N) is 1. The highest BCUT2D eigenvalue weighted by molar-refractivity contribution is 5.83. The second kappa shape index (κ2) is 8.66. The molecule has 8 nitrogen and oxygen atoms in total. The number of benzene rings is 2. The maximum Gasteiger partial charge on any atom is 0.263 e. The normalized spacial score (nSPS) is 16.2. The van der Waals surface area contributed by atoms with Gasteiger partial charge >= 0.3 is 0 Å². The molecule has 1 fully saturated rings. The Kier molecular flexibility index (Phi) is 5.78. The van der Waals surface area contributed by atoms with E-state index in [0.717, 1.165) is 24.9 Å². The molecule has 0 bridgehead atoms. The first kappa shape index (κ1) is 20.7. The predicted octanol–water partition coefficient (Wildman–Crippen LogP) is 2.26. The third kappa shape index (κ3) is 3.92. The van der Waals surface area contributed by atoms with Crippen LogP contribution in [0.5, 0.6) is 11.5 Å². The third-order valence-electron chi connectivity index (χ3n) is 5.65. The first-order valence-electron chi connectivity index (χ1n) is 10.2. The molecule has 0 spiro atoms. The van der Waals surface area contributed by atoms with Crippen molar-refractivity contribution < 1.29 is 9.47 Å². The molecular weight excluding hydrogens is 394 g/mol. The van der Waals surface area contributed by atoms with E-state index < -0.39 is 0 Å². The number of ether oxygens (including phenoxy) is 2. The van der Waals surface area contributed by atoms with Gasteiger partial charge < -0.3 is 20.1 Å². The molecule has 2 aromatic carbocycles. The highest BCUT2D eigenvalue weighted by Crippen LogP contribution is 2.31. The summed E-state index contributed by atoms with van der Waals surface area (Å²) < 4.78 is 12.4. The zero-order valence-corrected chi connectivity index (χ0v) is 17.7. The van der Waals surface area contributed by atoms with Gasteiger partial charge in [0.2, 0.25) is 5.95 Å². The van der Waals surface area contributed by atoms with Crippen molar-refractivity contribution in [2.75, 3.05) is 32.2 Å². The van der Waals surface area contributed by atoms with Crippen LogP contribution >= 0.6 is 0 Å². The summed E-state index contributed by atoms with van der Waals surface area (Å²) in [6, 6.07) is 12.9. The zero-order valence-electron chi connectivity index (χ0n) is 17.7. The van der Waals surface area contributed by atoms with Crippen molar-refractivity contribution in [1.29, 1.82) is 5.26 Å². The Morgan fingerprint density at radius 2 is 1.97 bits per heavy atom. The van der Waals surface area contributed by atoms with E-state index in [2.05, 4.69) is 11.0 Å². The largest absolute Gasteiger partial charge is 0.493 e. The van der Waals surface area contributed by atoms with Crippen LogP contribution in [-0.2, 0) is 6.54 Å². The van der Waals surface area contributed by atoms with E-state index in [0.29, 0.717) is 40.5 Å². The second-order valence-electron chi connectivity index (χ2n) is 7.64. The van der Waals surface area contributed by atoms with E-state index in [1.54, 1.807) is 29.9 Å². The van der Waals surface area contributed by atoms with Crippen LogP contribution in [0.15, 0.2) is 41.2 Å². The van der Waals surface area contributed by atoms with E-state index in [1.165, 1.54) is 7.11 Å². The van der Waals surface area contributed by atoms with Crippen LogP contribution in [0.2, 0.25) is 0 Å². The standard InChI is InChI=1S/C23H25N5O3/c1-30-20-10-18-19(11-21(20)31-2)26-23(27-9-5-8-17(25)14-27)28(22(18)29)13-16-7-4-3-6-15(16)12-24/h3-4,6-7,10-11,17H,5,8-9,13-14,25H2,1-2H3. The molecule has 8 heteroatoms. The Hall–Kier alpha value is -3.57. The summed E-state index contributed by atoms with van der Waals surface area (Å²) in [6.07, 6.45) is 1.87. The number of rotatable bonds is 5. The smallest absolute Gasteiger partial charge is 0.263 e. The zero-order chi connectivity index (χ0) is 22.0. The van der Waals surface area contributed by atoms with Gasteiger partial charge in [0.1, 0.15) is 0 Å². The molecule has 4 rings (SSSR count). The number of methoxy groups -OCH3 is 2. The van der Waals surface area contributed by atoms with Gasteiger partial charge in [0.05, 0.1) is 43.3 Å². The summed E-state index contributed by atoms with van der Waals surface area (Å²) >= 11 is 0. The molecular formula is C23H25N5O3. The number of nitrogens with zero attached hydrogens (tertiary/aromatic N) is 4. The quantitative estimate of drug-likeness (QED) is 0.676. The van der Waals surface area contributed by atoms with Crippen molar-refractivity contribution in [2.45, 2.75) is 25.4 Å². The minimum atomic E-state index is -0.201. The number of fused-ring (bicyclic) bond motifs is 1. The number of nitriles is 1. The number of hydrogen-bond acceptors (Lipinski definition) is 7. The summed E-state index contributed by atoms with van der Waals surface area (Å²) in [7, 11) is 3.08. The molecule has 1 atom stereocenters. The van der Waals surface area contributed by atoms with Crippen molar-refractivity contribution in [1.82, 2.24) is 9.55 Å². The van der Waals surface area contributed by atoms with Crippen molar-refractivity contribution in [3.63, 3.8) is 0 Å². The molecule has 1 aliphatic heterocycles. The maximum absolute atomic E-state index is 13.6. The average molecular weight is 419 g/mol. The molecule has 0 amide bonds. The van der Waals surface area contributed by atoms with Crippen molar-refractivity contribution >= 4 is 16.9 Å². The van der Waals surface area contributed by atoms with Gasteiger partial charge in [0, 0.05) is 25.2 Å². The average Bonchev–Trinajstić information content (AvgIpc) is 2.80. The van der Waals surface area contributed by atoms with Crippen LogP contribution in [0.25, 0.3) is 10.9 Å². The highest BCUT2D eigenvalue weighted by atomic mass is 16.5. The molecule has 0 saturated carbocycles. The van der Waals surface area contributed by atoms with E-state index >= 15 is 0 Å². The lowest BCUT2D eigenvalue weighted by molar-refractivity contribution is 0.355. The van der Waals surface area contributed by atoms with Crippen LogP contribution in [0.1, 0.15) is 24.0 Å². The summed E-state index contributed by atoms with van der Waals surface area (Å²) in [6.45, 7) is 1.62. The van der Waals surface area contributed by atoms with E-state index in [9.17, 15) is 10.1 Å². The van der Waals surface area contributed by atoms with Crippen LogP contribution in [0, 0.1) is 11.3 Å². The first-order valence-corrected chi connectivity index (χ1v) is 10.2. The lowest BCUT2D eigenvalue weighted by Crippen LogP contribution is -2.45. The van der Waals surface area contributed by atoms with Crippen LogP contribution < -0.4 is 25.7 Å². The number of anilines is 1. The Labute approximate surface area is 180 Å². The Morgan fingerprint density at radius 3 is 2.68 bits per heavy atom. The molecule has 31 heavy (non-hydrogen) atoms. The molecule has 0 radical (unpaired) electrons. The predicted molar refractivity (Wildman–Crippen MR) is 119 cm³/mol. The van der Waals surface area contributed by atoms with Crippen LogP contribution in [0.3, 0.4) is 0 Å². The van der Waals surface area contributed by atoms with Gasteiger partial charge in [-0.1, -0.05) is 18.2 Å². The molecule has 2 heterocycles. The minimum Gasteiger partial charge on any atom is -0.493 e. The van der Waals surface area contributed by atoms with E-state index in [-0.39, 0.29) is 18.1 Å². The van der Waals surface area contributed by atoms with Gasteiger partial charge in [-0.15, -0.1) is 0 Å². The first-order chi connectivity index (χ1) is 15.0. The molecule has 0 aliphatic carbocycles. The van der Waals surface area contributed by atoms with Gasteiger partial charge in [0.15, 0.2) is 11.5 Å². The Bertz CT molecular complexity index is 1210. The Balaban J connectivity index is 1.94. The van der Waals surface area contributed by atoms with Crippen LogP contribution in [-0.4, -0.2) is 42.9 Å². The monoisotopic (exact) mass is 419 g/mol. The van der Waals surface area contributed by atoms with Gasteiger partial charge in [-0.2, -0.15) is 5.26 Å². The van der Waals surface area contributed by atoms with Crippen LogP contribution in [0.4, 0.5) is 5.95 Å². The maximum atomic E-state index is 13.6. The molecule has 3 aromatic rings. The molecule has 1 aliphatic rings. The molecule has 1 aromatic heterocycles. The minimum absolute atomic E-state index is 0.0200. The van der Waals surface area contributed by atoms with Gasteiger partial charge in [-0.25, -0.2) is 4.98 Å². The fourth-order valence-corrected chi connectivity index (χ4v) is 4.05. The molecule has 2 N–H and O–H groups in total. The number of hydrogen-bond donors (Lipinski definition) is 1. The molecule has 160 valence electrons. The molecule has 1 saturated heterocycles. The van der Waals surface area contributed by atoms with E-state index in [1.807, 2.05) is 18.2 Å². The second-order valence-corrected chi connectivity index (χ2v) is 7.64. The highest BCUT2D eigenvalue weighted by Gasteiger charge is 2.24. The number of aromatic nitrogens is 2. The molecule has 1 unspecified atom stereocenters. The Morgan fingerprint density at radius 1 is 1.23 bits per heavy atom.